The van der Waals surface area contributed by atoms with Gasteiger partial charge in [-0.05, 0) is 39.2 Å². The minimum Gasteiger partial charge on any atom is -0.478 e. The van der Waals surface area contributed by atoms with E-state index in [2.05, 4.69) is 10.3 Å². The van der Waals surface area contributed by atoms with E-state index in [0.29, 0.717) is 17.9 Å². The summed E-state index contributed by atoms with van der Waals surface area (Å²) < 4.78 is 0. The van der Waals surface area contributed by atoms with Crippen LogP contribution in [0, 0.1) is 13.8 Å². The van der Waals surface area contributed by atoms with Crippen molar-refractivity contribution < 1.29 is 15.0 Å². The zero-order valence-corrected chi connectivity index (χ0v) is 10.9. The van der Waals surface area contributed by atoms with Crippen molar-refractivity contribution in [2.75, 3.05) is 18.5 Å². The number of pyridine rings is 1. The molecule has 0 bridgehead atoms. The van der Waals surface area contributed by atoms with Crippen LogP contribution in [0.4, 0.5) is 5.69 Å². The number of aliphatic hydroxyl groups excluding tert-OH is 1. The Morgan fingerprint density at radius 3 is 2.67 bits per heavy atom. The number of aryl methyl sites for hydroxylation is 2. The number of hydrogen-bond donors (Lipinski definition) is 3. The number of aromatic nitrogens is 1. The van der Waals surface area contributed by atoms with Crippen molar-refractivity contribution in [3.63, 3.8) is 0 Å². The average molecular weight is 252 g/mol. The fourth-order valence-corrected chi connectivity index (χ4v) is 1.87. The van der Waals surface area contributed by atoms with Gasteiger partial charge in [-0.1, -0.05) is 0 Å². The number of unbranched alkanes of at least 4 members (excludes halogenated alkanes) is 2. The summed E-state index contributed by atoms with van der Waals surface area (Å²) in [6.07, 6.45) is 2.61. The van der Waals surface area contributed by atoms with E-state index in [9.17, 15) is 4.79 Å². The molecule has 0 saturated heterocycles. The second-order valence-electron chi connectivity index (χ2n) is 4.29. The second-order valence-corrected chi connectivity index (χ2v) is 4.29. The normalized spacial score (nSPS) is 10.4. The maximum atomic E-state index is 11.2. The molecule has 5 nitrogen and oxygen atoms in total. The Morgan fingerprint density at radius 1 is 1.33 bits per heavy atom. The van der Waals surface area contributed by atoms with Crippen LogP contribution >= 0.6 is 0 Å². The molecular formula is C13H20N2O3. The van der Waals surface area contributed by atoms with Gasteiger partial charge in [0.15, 0.2) is 0 Å². The standard InChI is InChI=1S/C13H20N2O3/c1-9-8-11(14-6-4-3-5-7-16)12(13(17)18)10(2)15-9/h8,16H,3-7H2,1-2H3,(H,14,15)(H,17,18). The molecule has 1 heterocycles. The lowest BCUT2D eigenvalue weighted by Crippen LogP contribution is -2.11. The van der Waals surface area contributed by atoms with Crippen molar-refractivity contribution in [3.8, 4) is 0 Å². The molecule has 0 spiro atoms. The van der Waals surface area contributed by atoms with Crippen LogP contribution in [0.15, 0.2) is 6.07 Å². The molecule has 5 heteroatoms. The topological polar surface area (TPSA) is 82.5 Å². The Balaban J connectivity index is 2.71. The van der Waals surface area contributed by atoms with Gasteiger partial charge in [-0.25, -0.2) is 4.79 Å². The molecule has 0 aliphatic carbocycles. The largest absolute Gasteiger partial charge is 0.478 e. The highest BCUT2D eigenvalue weighted by atomic mass is 16.4. The summed E-state index contributed by atoms with van der Waals surface area (Å²) in [5.74, 6) is -0.960. The summed E-state index contributed by atoms with van der Waals surface area (Å²) in [5, 5.41) is 21.0. The minimum absolute atomic E-state index is 0.202. The molecule has 1 aromatic heterocycles. The van der Waals surface area contributed by atoms with E-state index in [0.717, 1.165) is 25.0 Å². The lowest BCUT2D eigenvalue weighted by molar-refractivity contribution is 0.0696. The van der Waals surface area contributed by atoms with Gasteiger partial charge in [0.25, 0.3) is 0 Å². The third-order valence-corrected chi connectivity index (χ3v) is 2.69. The number of anilines is 1. The van der Waals surface area contributed by atoms with Gasteiger partial charge in [0.05, 0.1) is 11.4 Å². The van der Waals surface area contributed by atoms with E-state index < -0.39 is 5.97 Å². The Morgan fingerprint density at radius 2 is 2.06 bits per heavy atom. The highest BCUT2D eigenvalue weighted by Gasteiger charge is 2.14. The Bertz CT molecular complexity index is 419. The smallest absolute Gasteiger partial charge is 0.339 e. The van der Waals surface area contributed by atoms with Gasteiger partial charge < -0.3 is 15.5 Å². The van der Waals surface area contributed by atoms with E-state index in [1.807, 2.05) is 6.92 Å². The summed E-state index contributed by atoms with van der Waals surface area (Å²) in [5.41, 5.74) is 2.19. The van der Waals surface area contributed by atoms with Crippen LogP contribution in [0.3, 0.4) is 0 Å². The number of aliphatic hydroxyl groups is 1. The first-order valence-corrected chi connectivity index (χ1v) is 6.12. The molecule has 0 aliphatic heterocycles. The molecule has 0 fully saturated rings. The number of rotatable bonds is 7. The molecule has 0 atom stereocenters. The third-order valence-electron chi connectivity index (χ3n) is 2.69. The van der Waals surface area contributed by atoms with Crippen molar-refractivity contribution in [1.29, 1.82) is 0 Å². The van der Waals surface area contributed by atoms with E-state index in [1.165, 1.54) is 0 Å². The van der Waals surface area contributed by atoms with E-state index in [1.54, 1.807) is 13.0 Å². The maximum absolute atomic E-state index is 11.2. The SMILES string of the molecule is Cc1cc(NCCCCCO)c(C(=O)O)c(C)n1. The summed E-state index contributed by atoms with van der Waals surface area (Å²) in [7, 11) is 0. The van der Waals surface area contributed by atoms with Crippen LogP contribution in [0.1, 0.15) is 41.0 Å². The maximum Gasteiger partial charge on any atom is 0.339 e. The summed E-state index contributed by atoms with van der Waals surface area (Å²) in [6, 6.07) is 1.75. The first-order valence-electron chi connectivity index (χ1n) is 6.12. The molecule has 1 rings (SSSR count). The third kappa shape index (κ3) is 4.00. The molecule has 18 heavy (non-hydrogen) atoms. The van der Waals surface area contributed by atoms with Gasteiger partial charge in [0.2, 0.25) is 0 Å². The van der Waals surface area contributed by atoms with Crippen molar-refractivity contribution in [3.05, 3.63) is 23.0 Å². The Kier molecular flexibility index (Phi) is 5.58. The van der Waals surface area contributed by atoms with Crippen LogP contribution in [-0.4, -0.2) is 34.3 Å². The predicted molar refractivity (Wildman–Crippen MR) is 70.1 cm³/mol. The van der Waals surface area contributed by atoms with Crippen LogP contribution in [0.2, 0.25) is 0 Å². The van der Waals surface area contributed by atoms with Crippen molar-refractivity contribution in [2.45, 2.75) is 33.1 Å². The second kappa shape index (κ2) is 6.96. The molecule has 100 valence electrons. The van der Waals surface area contributed by atoms with Crippen LogP contribution in [0.25, 0.3) is 0 Å². The number of carboxylic acid groups (broad SMARTS) is 1. The Hall–Kier alpha value is -1.62. The van der Waals surface area contributed by atoms with Crippen molar-refractivity contribution in [2.24, 2.45) is 0 Å². The van der Waals surface area contributed by atoms with Crippen molar-refractivity contribution >= 4 is 11.7 Å². The van der Waals surface area contributed by atoms with Crippen LogP contribution in [-0.2, 0) is 0 Å². The zero-order chi connectivity index (χ0) is 13.5. The first-order chi connectivity index (χ1) is 8.56. The van der Waals surface area contributed by atoms with E-state index >= 15 is 0 Å². The van der Waals surface area contributed by atoms with Gasteiger partial charge in [-0.3, -0.25) is 4.98 Å². The van der Waals surface area contributed by atoms with Crippen LogP contribution in [0.5, 0.6) is 0 Å². The molecular weight excluding hydrogens is 232 g/mol. The Labute approximate surface area is 107 Å². The summed E-state index contributed by atoms with van der Waals surface area (Å²) >= 11 is 0. The van der Waals surface area contributed by atoms with Gasteiger partial charge in [-0.2, -0.15) is 0 Å². The molecule has 1 aromatic rings. The van der Waals surface area contributed by atoms with Crippen LogP contribution < -0.4 is 5.32 Å². The quantitative estimate of drug-likeness (QED) is 0.646. The monoisotopic (exact) mass is 252 g/mol. The lowest BCUT2D eigenvalue weighted by atomic mass is 10.1. The molecule has 0 saturated carbocycles. The molecule has 0 unspecified atom stereocenters. The summed E-state index contributed by atoms with van der Waals surface area (Å²) in [6.45, 7) is 4.44. The van der Waals surface area contributed by atoms with Gasteiger partial charge in [0.1, 0.15) is 5.56 Å². The molecule has 0 amide bonds. The zero-order valence-electron chi connectivity index (χ0n) is 10.9. The van der Waals surface area contributed by atoms with Gasteiger partial charge in [-0.15, -0.1) is 0 Å². The molecule has 0 aromatic carbocycles. The average Bonchev–Trinajstić information content (AvgIpc) is 2.27. The summed E-state index contributed by atoms with van der Waals surface area (Å²) in [4.78, 5) is 15.3. The number of carbonyl (C=O) groups is 1. The number of hydrogen-bond acceptors (Lipinski definition) is 4. The molecule has 0 aliphatic rings. The minimum atomic E-state index is -0.960. The number of aromatic carboxylic acids is 1. The number of carboxylic acids is 1. The lowest BCUT2D eigenvalue weighted by Gasteiger charge is -2.12. The van der Waals surface area contributed by atoms with Gasteiger partial charge >= 0.3 is 5.97 Å². The highest BCUT2D eigenvalue weighted by molar-refractivity contribution is 5.95. The van der Waals surface area contributed by atoms with E-state index in [4.69, 9.17) is 10.2 Å². The molecule has 3 N–H and O–H groups in total. The van der Waals surface area contributed by atoms with Crippen molar-refractivity contribution in [1.82, 2.24) is 4.98 Å². The van der Waals surface area contributed by atoms with E-state index in [-0.39, 0.29) is 12.2 Å². The fourth-order valence-electron chi connectivity index (χ4n) is 1.87. The fraction of sp³-hybridized carbons (Fsp3) is 0.538. The highest BCUT2D eigenvalue weighted by Crippen LogP contribution is 2.19. The first kappa shape index (κ1) is 14.4. The molecule has 0 radical (unpaired) electrons. The number of nitrogens with zero attached hydrogens (tertiary/aromatic N) is 1. The number of nitrogens with one attached hydrogen (secondary N) is 1. The predicted octanol–water partition coefficient (Wildman–Crippen LogP) is 1.97. The van der Waals surface area contributed by atoms with Gasteiger partial charge in [0, 0.05) is 18.8 Å².